The number of sulfonamides is 1. The minimum atomic E-state index is -4.66. The molecule has 1 aromatic heterocycles. The van der Waals surface area contributed by atoms with Crippen molar-refractivity contribution in [2.45, 2.75) is 49.3 Å². The summed E-state index contributed by atoms with van der Waals surface area (Å²) in [6, 6.07) is 19.7. The molecule has 1 aliphatic rings. The van der Waals surface area contributed by atoms with E-state index in [-0.39, 0.29) is 48.1 Å². The average Bonchev–Trinajstić information content (AvgIpc) is 3.62. The highest BCUT2D eigenvalue weighted by atomic mass is 32.2. The minimum Gasteiger partial charge on any atom is -0.497 e. The Morgan fingerprint density at radius 1 is 0.920 bits per heavy atom. The van der Waals surface area contributed by atoms with E-state index in [2.05, 4.69) is 25.5 Å². The number of azo groups is 1. The molecule has 1 amide bonds. The summed E-state index contributed by atoms with van der Waals surface area (Å²) in [5.74, 6) is 1.14. The lowest BCUT2D eigenvalue weighted by molar-refractivity contribution is 0.0635. The molecule has 262 valence electrons. The number of nitrogens with zero attached hydrogens (tertiary/aromatic N) is 5. The number of carbonyl (C=O) groups excluding carboxylic acids is 1. The lowest BCUT2D eigenvalue weighted by atomic mass is 9.99. The van der Waals surface area contributed by atoms with Crippen LogP contribution in [0.1, 0.15) is 37.5 Å². The molecule has 3 aromatic carbocycles. The Labute approximate surface area is 292 Å². The van der Waals surface area contributed by atoms with Gasteiger partial charge in [0, 0.05) is 24.8 Å². The summed E-state index contributed by atoms with van der Waals surface area (Å²) in [6.07, 6.45) is 0.658. The molecule has 14 nitrogen and oxygen atoms in total. The number of aliphatic imine (C=N–C) groups is 1. The Bertz CT molecular complexity index is 2010. The number of rotatable bonds is 12. The number of aromatic nitrogens is 1. The summed E-state index contributed by atoms with van der Waals surface area (Å²) in [5, 5.41) is 10.7. The Morgan fingerprint density at radius 2 is 1.52 bits per heavy atom. The van der Waals surface area contributed by atoms with E-state index in [1.165, 1.54) is 36.9 Å². The number of nitrogens with one attached hydrogen (secondary N) is 1. The first-order chi connectivity index (χ1) is 23.8. The van der Waals surface area contributed by atoms with Crippen LogP contribution in [-0.2, 0) is 38.9 Å². The van der Waals surface area contributed by atoms with Crippen molar-refractivity contribution in [3.63, 3.8) is 0 Å². The first-order valence-electron chi connectivity index (χ1n) is 15.2. The molecule has 0 saturated heterocycles. The van der Waals surface area contributed by atoms with Crippen LogP contribution in [0.15, 0.2) is 104 Å². The largest absolute Gasteiger partial charge is 0.497 e. The summed E-state index contributed by atoms with van der Waals surface area (Å²) in [7, 11) is -1.60. The zero-order valence-corrected chi connectivity index (χ0v) is 29.6. The maximum atomic E-state index is 15.1. The minimum absolute atomic E-state index is 0.0491. The zero-order chi connectivity index (χ0) is 36.1. The number of ether oxygens (including phenoxy) is 3. The summed E-state index contributed by atoms with van der Waals surface area (Å²) in [5.41, 5.74) is 0.851. The van der Waals surface area contributed by atoms with E-state index in [1.54, 1.807) is 81.4 Å². The third-order valence-corrected chi connectivity index (χ3v) is 10.1. The maximum absolute atomic E-state index is 15.1. The molecule has 0 saturated carbocycles. The summed E-state index contributed by atoms with van der Waals surface area (Å²) >= 11 is -2.78. The van der Waals surface area contributed by atoms with E-state index in [0.29, 0.717) is 22.6 Å². The number of methoxy groups -OCH3 is 2. The number of carbonyl (C=O) groups is 1. The van der Waals surface area contributed by atoms with Crippen LogP contribution in [0, 0.1) is 0 Å². The molecule has 0 radical (unpaired) electrons. The number of amides is 1. The van der Waals surface area contributed by atoms with Gasteiger partial charge in [0.1, 0.15) is 27.8 Å². The predicted octanol–water partition coefficient (Wildman–Crippen LogP) is 6.25. The summed E-state index contributed by atoms with van der Waals surface area (Å²) < 4.78 is 70.8. The Balaban J connectivity index is 1.73. The van der Waals surface area contributed by atoms with Gasteiger partial charge in [0.25, 0.3) is 0 Å². The molecule has 0 spiro atoms. The van der Waals surface area contributed by atoms with Crippen LogP contribution >= 0.6 is 0 Å². The predicted molar refractivity (Wildman–Crippen MR) is 187 cm³/mol. The number of amidine groups is 1. The van der Waals surface area contributed by atoms with Crippen molar-refractivity contribution in [3.8, 4) is 22.6 Å². The van der Waals surface area contributed by atoms with E-state index in [4.69, 9.17) is 14.2 Å². The van der Waals surface area contributed by atoms with Gasteiger partial charge < -0.3 is 18.8 Å². The molecular weight excluding hydrogens is 685 g/mol. The molecule has 0 fully saturated rings. The van der Waals surface area contributed by atoms with Gasteiger partial charge in [-0.2, -0.15) is 9.42 Å². The van der Waals surface area contributed by atoms with Crippen LogP contribution in [0.4, 0.5) is 10.6 Å². The van der Waals surface area contributed by atoms with Crippen LogP contribution in [-0.4, -0.2) is 64.9 Å². The Kier molecular flexibility index (Phi) is 11.1. The third kappa shape index (κ3) is 8.39. The average molecular weight is 721 g/mol. The van der Waals surface area contributed by atoms with E-state index < -0.39 is 42.6 Å². The highest BCUT2D eigenvalue weighted by molar-refractivity contribution is 7.90. The number of hydrogen-bond acceptors (Lipinski definition) is 11. The number of hydrogen-bond donors (Lipinski definition) is 2. The van der Waals surface area contributed by atoms with E-state index in [0.717, 1.165) is 0 Å². The molecule has 1 atom stereocenters. The monoisotopic (exact) mass is 720 g/mol. The molecule has 5 rings (SSSR count). The van der Waals surface area contributed by atoms with Crippen molar-refractivity contribution >= 4 is 38.9 Å². The van der Waals surface area contributed by atoms with Gasteiger partial charge >= 0.3 is 6.09 Å². The van der Waals surface area contributed by atoms with Crippen molar-refractivity contribution < 1.29 is 36.2 Å². The van der Waals surface area contributed by atoms with Crippen molar-refractivity contribution in [3.05, 3.63) is 95.7 Å². The Morgan fingerprint density at radius 3 is 2.02 bits per heavy atom. The lowest BCUT2D eigenvalue weighted by Crippen LogP contribution is -2.32. The molecule has 16 heteroatoms. The van der Waals surface area contributed by atoms with Gasteiger partial charge in [0.15, 0.2) is 23.6 Å². The smallest absolute Gasteiger partial charge is 0.413 e. The molecule has 2 heterocycles. The number of anilines is 1. The van der Waals surface area contributed by atoms with Gasteiger partial charge in [-0.15, -0.1) is 5.11 Å². The van der Waals surface area contributed by atoms with E-state index in [9.17, 15) is 13.6 Å². The zero-order valence-electron chi connectivity index (χ0n) is 28.0. The lowest BCUT2D eigenvalue weighted by Gasteiger charge is -2.26. The first kappa shape index (κ1) is 36.3. The van der Waals surface area contributed by atoms with Gasteiger partial charge in [0.2, 0.25) is 10.0 Å². The van der Waals surface area contributed by atoms with Gasteiger partial charge in [-0.1, -0.05) is 30.3 Å². The molecule has 0 aliphatic carbocycles. The fourth-order valence-corrected chi connectivity index (χ4v) is 7.76. The maximum Gasteiger partial charge on any atom is 0.413 e. The first-order valence-corrected chi connectivity index (χ1v) is 17.8. The molecule has 50 heavy (non-hydrogen) atoms. The highest BCUT2D eigenvalue weighted by Gasteiger charge is 2.36. The van der Waals surface area contributed by atoms with Crippen LogP contribution in [0.2, 0.25) is 0 Å². The number of pyridine rings is 1. The SMILES string of the molecule is COc1ccc(CN(Cc2ccc(OC)cc2)S(=O)(=O)c2c(S(=O)O)ccc(-c3cccnc3NC(=O)OC(C)(C)C)c2C2=NCN=N2)cc1. The number of benzene rings is 3. The second-order valence-electron chi connectivity index (χ2n) is 11.9. The van der Waals surface area contributed by atoms with Crippen LogP contribution in [0.3, 0.4) is 0 Å². The second kappa shape index (κ2) is 15.2. The van der Waals surface area contributed by atoms with Crippen LogP contribution in [0.25, 0.3) is 11.1 Å². The van der Waals surface area contributed by atoms with Crippen molar-refractivity contribution in [2.24, 2.45) is 15.2 Å². The quantitative estimate of drug-likeness (QED) is 0.160. The van der Waals surface area contributed by atoms with E-state index in [1.807, 2.05) is 0 Å². The highest BCUT2D eigenvalue weighted by Crippen LogP contribution is 2.39. The fraction of sp³-hybridized carbons (Fsp3) is 0.265. The third-order valence-electron chi connectivity index (χ3n) is 7.33. The van der Waals surface area contributed by atoms with Gasteiger partial charge in [-0.3, -0.25) is 5.32 Å². The van der Waals surface area contributed by atoms with Crippen molar-refractivity contribution in [2.75, 3.05) is 26.2 Å². The Hall–Kier alpha value is -5.03. The fourth-order valence-electron chi connectivity index (χ4n) is 5.11. The molecule has 1 aliphatic heterocycles. The molecule has 1 unspecified atom stereocenters. The molecular formula is C34H36N6O8S2. The summed E-state index contributed by atoms with van der Waals surface area (Å²) in [6.45, 7) is 4.81. The van der Waals surface area contributed by atoms with Crippen molar-refractivity contribution in [1.29, 1.82) is 0 Å². The molecule has 2 N–H and O–H groups in total. The normalized spacial score (nSPS) is 13.5. The summed E-state index contributed by atoms with van der Waals surface area (Å²) in [4.78, 5) is 20.6. The van der Waals surface area contributed by atoms with E-state index >= 15 is 8.42 Å². The molecule has 0 bridgehead atoms. The van der Waals surface area contributed by atoms with Crippen LogP contribution in [0.5, 0.6) is 11.5 Å². The topological polar surface area (TPSA) is 181 Å². The van der Waals surface area contributed by atoms with Crippen LogP contribution < -0.4 is 14.8 Å². The molecule has 4 aromatic rings. The van der Waals surface area contributed by atoms with Gasteiger partial charge in [0.05, 0.1) is 24.7 Å². The standard InChI is InChI=1S/C34H36N6O8S2/c1-34(2,3)48-33(41)38-31-27(7-6-18-35-31)26-16-17-28(49(42)43)30(29(26)32-36-21-37-39-32)50(44,45)40(19-22-8-12-24(46-4)13-9-22)20-23-10-14-25(47-5)15-11-23/h6-18H,19-21H2,1-5H3,(H,42,43)(H,35,38,41). The van der Waals surface area contributed by atoms with Crippen molar-refractivity contribution in [1.82, 2.24) is 9.29 Å². The van der Waals surface area contributed by atoms with Gasteiger partial charge in [-0.05, 0) is 79.9 Å². The second-order valence-corrected chi connectivity index (χ2v) is 14.7. The van der Waals surface area contributed by atoms with Gasteiger partial charge in [-0.25, -0.2) is 27.4 Å².